The van der Waals surface area contributed by atoms with Crippen LogP contribution in [0.15, 0.2) is 47.4 Å². The van der Waals surface area contributed by atoms with Crippen LogP contribution in [0.2, 0.25) is 0 Å². The van der Waals surface area contributed by atoms with E-state index in [1.54, 1.807) is 13.2 Å². The highest BCUT2D eigenvalue weighted by atomic mass is 32.2. The highest BCUT2D eigenvalue weighted by Gasteiger charge is 2.25. The van der Waals surface area contributed by atoms with Crippen molar-refractivity contribution in [3.63, 3.8) is 0 Å². The fourth-order valence-corrected chi connectivity index (χ4v) is 4.58. The van der Waals surface area contributed by atoms with Crippen molar-refractivity contribution >= 4 is 16.1 Å². The smallest absolute Gasteiger partial charge is 0.237 e. The summed E-state index contributed by atoms with van der Waals surface area (Å²) in [6.07, 6.45) is 3.04. The van der Waals surface area contributed by atoms with Crippen LogP contribution in [0.5, 0.6) is 5.75 Å². The van der Waals surface area contributed by atoms with Gasteiger partial charge in [0, 0.05) is 11.6 Å². The molecule has 132 valence electrons. The summed E-state index contributed by atoms with van der Waals surface area (Å²) < 4.78 is 33.9. The van der Waals surface area contributed by atoms with Crippen molar-refractivity contribution in [1.82, 2.24) is 4.72 Å². The number of methoxy groups -OCH3 is 1. The van der Waals surface area contributed by atoms with Gasteiger partial charge in [0.2, 0.25) is 10.0 Å². The lowest BCUT2D eigenvalue weighted by Gasteiger charge is -2.21. The summed E-state index contributed by atoms with van der Waals surface area (Å²) in [5.41, 5.74) is 4.07. The van der Waals surface area contributed by atoms with E-state index in [1.165, 1.54) is 5.56 Å². The quantitative estimate of drug-likeness (QED) is 0.881. The Labute approximate surface area is 149 Å². The molecule has 5 heteroatoms. The number of fused-ring (bicyclic) bond motifs is 1. The molecular formula is C20H23NO3S. The number of hydrogen-bond acceptors (Lipinski definition) is 3. The topological polar surface area (TPSA) is 55.4 Å². The minimum Gasteiger partial charge on any atom is -0.496 e. The summed E-state index contributed by atoms with van der Waals surface area (Å²) >= 11 is 0. The molecule has 0 radical (unpaired) electrons. The van der Waals surface area contributed by atoms with Gasteiger partial charge in [0.25, 0.3) is 0 Å². The second-order valence-electron chi connectivity index (χ2n) is 6.40. The van der Waals surface area contributed by atoms with E-state index < -0.39 is 10.0 Å². The van der Waals surface area contributed by atoms with E-state index in [9.17, 15) is 8.42 Å². The van der Waals surface area contributed by atoms with E-state index in [0.717, 1.165) is 23.1 Å². The lowest BCUT2D eigenvalue weighted by Crippen LogP contribution is -2.29. The van der Waals surface area contributed by atoms with Gasteiger partial charge in [-0.05, 0) is 50.0 Å². The SMILES string of the molecule is COc1ccc(C)cc1[C@H](C)NS(=O)(=O)C1=Cc2ccccc2CC1. The first-order valence-corrected chi connectivity index (χ1v) is 9.84. The highest BCUT2D eigenvalue weighted by Crippen LogP contribution is 2.30. The molecule has 0 saturated carbocycles. The average Bonchev–Trinajstić information content (AvgIpc) is 2.60. The molecule has 2 aromatic carbocycles. The molecular weight excluding hydrogens is 334 g/mol. The van der Waals surface area contributed by atoms with Crippen LogP contribution in [-0.2, 0) is 16.4 Å². The monoisotopic (exact) mass is 357 g/mol. The molecule has 3 rings (SSSR count). The molecule has 0 fully saturated rings. The van der Waals surface area contributed by atoms with Crippen molar-refractivity contribution < 1.29 is 13.2 Å². The molecule has 25 heavy (non-hydrogen) atoms. The molecule has 1 atom stereocenters. The molecule has 0 bridgehead atoms. The van der Waals surface area contributed by atoms with Crippen LogP contribution in [0, 0.1) is 6.92 Å². The zero-order valence-electron chi connectivity index (χ0n) is 14.7. The van der Waals surface area contributed by atoms with Gasteiger partial charge in [-0.1, -0.05) is 42.0 Å². The Kier molecular flexibility index (Phi) is 4.97. The maximum absolute atomic E-state index is 12.8. The van der Waals surface area contributed by atoms with Gasteiger partial charge >= 0.3 is 0 Å². The maximum Gasteiger partial charge on any atom is 0.237 e. The van der Waals surface area contributed by atoms with Crippen molar-refractivity contribution in [2.75, 3.05) is 7.11 Å². The summed E-state index contributed by atoms with van der Waals surface area (Å²) in [4.78, 5) is 0.435. The van der Waals surface area contributed by atoms with E-state index >= 15 is 0 Å². The number of rotatable bonds is 5. The number of aryl methyl sites for hydroxylation is 2. The van der Waals surface area contributed by atoms with Crippen molar-refractivity contribution in [3.8, 4) is 5.75 Å². The lowest BCUT2D eigenvalue weighted by atomic mass is 9.98. The van der Waals surface area contributed by atoms with E-state index in [2.05, 4.69) is 4.72 Å². The third kappa shape index (κ3) is 3.78. The van der Waals surface area contributed by atoms with Gasteiger partial charge < -0.3 is 4.74 Å². The van der Waals surface area contributed by atoms with E-state index in [1.807, 2.05) is 56.3 Å². The summed E-state index contributed by atoms with van der Waals surface area (Å²) in [5.74, 6) is 0.684. The second kappa shape index (κ2) is 7.02. The maximum atomic E-state index is 12.8. The van der Waals surface area contributed by atoms with Crippen molar-refractivity contribution in [2.45, 2.75) is 32.7 Å². The van der Waals surface area contributed by atoms with E-state index in [0.29, 0.717) is 17.1 Å². The van der Waals surface area contributed by atoms with Crippen LogP contribution in [-0.4, -0.2) is 15.5 Å². The molecule has 0 aromatic heterocycles. The van der Waals surface area contributed by atoms with Gasteiger partial charge in [0.1, 0.15) is 5.75 Å². The van der Waals surface area contributed by atoms with Crippen molar-refractivity contribution in [1.29, 1.82) is 0 Å². The van der Waals surface area contributed by atoms with Gasteiger partial charge in [0.05, 0.1) is 12.0 Å². The minimum atomic E-state index is -3.56. The molecule has 4 nitrogen and oxygen atoms in total. The molecule has 0 aliphatic heterocycles. The Bertz CT molecular complexity index is 916. The lowest BCUT2D eigenvalue weighted by molar-refractivity contribution is 0.405. The van der Waals surface area contributed by atoms with Crippen molar-refractivity contribution in [2.24, 2.45) is 0 Å². The Morgan fingerprint density at radius 1 is 1.12 bits per heavy atom. The second-order valence-corrected chi connectivity index (χ2v) is 8.16. The first-order valence-electron chi connectivity index (χ1n) is 8.36. The van der Waals surface area contributed by atoms with Gasteiger partial charge in [-0.2, -0.15) is 0 Å². The predicted octanol–water partition coefficient (Wildman–Crippen LogP) is 3.97. The number of allylic oxidation sites excluding steroid dienone is 1. The number of benzene rings is 2. The molecule has 1 aliphatic carbocycles. The van der Waals surface area contributed by atoms with Crippen LogP contribution in [0.1, 0.15) is 41.6 Å². The van der Waals surface area contributed by atoms with Gasteiger partial charge in [0.15, 0.2) is 0 Å². The van der Waals surface area contributed by atoms with E-state index in [-0.39, 0.29) is 6.04 Å². The largest absolute Gasteiger partial charge is 0.496 e. The standard InChI is InChI=1S/C20H23NO3S/c1-14-8-11-20(24-3)19(12-14)15(2)21-25(22,23)18-10-9-16-6-4-5-7-17(16)13-18/h4-8,11-13,15,21H,9-10H2,1-3H3/t15-/m0/s1. The van der Waals surface area contributed by atoms with Gasteiger partial charge in [-0.3, -0.25) is 0 Å². The average molecular weight is 357 g/mol. The van der Waals surface area contributed by atoms with Gasteiger partial charge in [-0.25, -0.2) is 13.1 Å². The Morgan fingerprint density at radius 2 is 1.88 bits per heavy atom. The fourth-order valence-electron chi connectivity index (χ4n) is 3.18. The van der Waals surface area contributed by atoms with Crippen LogP contribution < -0.4 is 9.46 Å². The van der Waals surface area contributed by atoms with Crippen molar-refractivity contribution in [3.05, 3.63) is 69.6 Å². The Balaban J connectivity index is 1.87. The number of nitrogens with one attached hydrogen (secondary N) is 1. The molecule has 1 aliphatic rings. The van der Waals surface area contributed by atoms with Gasteiger partial charge in [-0.15, -0.1) is 0 Å². The molecule has 0 amide bonds. The minimum absolute atomic E-state index is 0.377. The molecule has 0 saturated heterocycles. The molecule has 0 unspecified atom stereocenters. The first kappa shape index (κ1) is 17.7. The summed E-state index contributed by atoms with van der Waals surface area (Å²) in [5, 5.41) is 0. The fraction of sp³-hybridized carbons (Fsp3) is 0.300. The van der Waals surface area contributed by atoms with Crippen LogP contribution in [0.4, 0.5) is 0 Å². The Hall–Kier alpha value is -2.11. The Morgan fingerprint density at radius 3 is 2.64 bits per heavy atom. The molecule has 2 aromatic rings. The van der Waals surface area contributed by atoms with E-state index in [4.69, 9.17) is 4.74 Å². The molecule has 0 spiro atoms. The summed E-state index contributed by atoms with van der Waals surface area (Å²) in [7, 11) is -1.96. The van der Waals surface area contributed by atoms with Crippen LogP contribution >= 0.6 is 0 Å². The third-order valence-corrected chi connectivity index (χ3v) is 6.22. The zero-order chi connectivity index (χ0) is 18.0. The first-order chi connectivity index (χ1) is 11.9. The number of hydrogen-bond donors (Lipinski definition) is 1. The predicted molar refractivity (Wildman–Crippen MR) is 101 cm³/mol. The third-order valence-electron chi connectivity index (χ3n) is 4.54. The summed E-state index contributed by atoms with van der Waals surface area (Å²) in [6.45, 7) is 3.82. The number of ether oxygens (including phenoxy) is 1. The zero-order valence-corrected chi connectivity index (χ0v) is 15.6. The van der Waals surface area contributed by atoms with Crippen LogP contribution in [0.3, 0.4) is 0 Å². The normalized spacial score (nSPS) is 15.2. The molecule has 1 N–H and O–H groups in total. The van der Waals surface area contributed by atoms with Crippen LogP contribution in [0.25, 0.3) is 6.08 Å². The molecule has 0 heterocycles. The number of sulfonamides is 1. The highest BCUT2D eigenvalue weighted by molar-refractivity contribution is 7.93. The summed E-state index contributed by atoms with van der Waals surface area (Å²) in [6, 6.07) is 13.3.